The zero-order chi connectivity index (χ0) is 19.8. The number of hydrogen-bond donors (Lipinski definition) is 0. The highest BCUT2D eigenvalue weighted by Crippen LogP contribution is 2.30. The summed E-state index contributed by atoms with van der Waals surface area (Å²) in [7, 11) is 0. The highest BCUT2D eigenvalue weighted by atomic mass is 16.2. The van der Waals surface area contributed by atoms with Crippen LogP contribution < -0.4 is 0 Å². The van der Waals surface area contributed by atoms with Crippen molar-refractivity contribution in [2.24, 2.45) is 0 Å². The van der Waals surface area contributed by atoms with Crippen molar-refractivity contribution in [1.82, 2.24) is 14.5 Å². The van der Waals surface area contributed by atoms with Crippen LogP contribution in [0.1, 0.15) is 76.5 Å². The Morgan fingerprint density at radius 1 is 1.11 bits per heavy atom. The Balaban J connectivity index is 1.63. The molecule has 28 heavy (non-hydrogen) atoms. The summed E-state index contributed by atoms with van der Waals surface area (Å²) in [6, 6.07) is 8.38. The summed E-state index contributed by atoms with van der Waals surface area (Å²) in [6.45, 7) is 8.43. The van der Waals surface area contributed by atoms with Gasteiger partial charge in [0, 0.05) is 32.0 Å². The SMILES string of the molecule is C=CCN1CC(c2nc3ccccc3n2CCCCCCCCCC)CC1=O. The second-order valence-corrected chi connectivity index (χ2v) is 8.07. The largest absolute Gasteiger partial charge is 0.338 e. The lowest BCUT2D eigenvalue weighted by Crippen LogP contribution is -2.25. The number of aryl methyl sites for hydroxylation is 1. The van der Waals surface area contributed by atoms with Crippen LogP contribution in [0.2, 0.25) is 0 Å². The number of imidazole rings is 1. The van der Waals surface area contributed by atoms with Crippen LogP contribution in [-0.2, 0) is 11.3 Å². The van der Waals surface area contributed by atoms with Crippen molar-refractivity contribution in [3.8, 4) is 0 Å². The summed E-state index contributed by atoms with van der Waals surface area (Å²) in [5.74, 6) is 1.49. The van der Waals surface area contributed by atoms with Gasteiger partial charge in [0.25, 0.3) is 0 Å². The first kappa shape index (κ1) is 20.6. The molecule has 0 radical (unpaired) electrons. The van der Waals surface area contributed by atoms with Gasteiger partial charge in [-0.2, -0.15) is 0 Å². The first-order valence-electron chi connectivity index (χ1n) is 11.1. The molecule has 152 valence electrons. The maximum absolute atomic E-state index is 12.3. The van der Waals surface area contributed by atoms with Gasteiger partial charge in [-0.25, -0.2) is 4.98 Å². The molecular formula is C24H35N3O. The number of amides is 1. The molecule has 0 saturated carbocycles. The number of benzene rings is 1. The Kier molecular flexibility index (Phi) is 7.70. The average molecular weight is 382 g/mol. The van der Waals surface area contributed by atoms with Crippen LogP contribution in [0.4, 0.5) is 0 Å². The van der Waals surface area contributed by atoms with Gasteiger partial charge < -0.3 is 9.47 Å². The summed E-state index contributed by atoms with van der Waals surface area (Å²) >= 11 is 0. The molecule has 1 aliphatic rings. The Labute approximate surface area is 169 Å². The Bertz CT molecular complexity index is 779. The molecule has 0 spiro atoms. The number of carbonyl (C=O) groups excluding carboxylic acids is 1. The molecule has 1 atom stereocenters. The van der Waals surface area contributed by atoms with E-state index in [0.29, 0.717) is 13.0 Å². The fourth-order valence-electron chi connectivity index (χ4n) is 4.32. The summed E-state index contributed by atoms with van der Waals surface area (Å²) < 4.78 is 2.38. The van der Waals surface area contributed by atoms with Crippen LogP contribution in [0.3, 0.4) is 0 Å². The average Bonchev–Trinajstić information content (AvgIpc) is 3.25. The summed E-state index contributed by atoms with van der Waals surface area (Å²) in [4.78, 5) is 19.2. The van der Waals surface area contributed by atoms with E-state index in [9.17, 15) is 4.79 Å². The molecular weight excluding hydrogens is 346 g/mol. The zero-order valence-electron chi connectivity index (χ0n) is 17.4. The van der Waals surface area contributed by atoms with Gasteiger partial charge >= 0.3 is 0 Å². The number of unbranched alkanes of at least 4 members (excludes halogenated alkanes) is 7. The maximum atomic E-state index is 12.3. The molecule has 4 nitrogen and oxygen atoms in total. The van der Waals surface area contributed by atoms with Gasteiger partial charge in [0.15, 0.2) is 0 Å². The van der Waals surface area contributed by atoms with Crippen molar-refractivity contribution in [2.45, 2.75) is 77.2 Å². The third kappa shape index (κ3) is 5.03. The smallest absolute Gasteiger partial charge is 0.223 e. The molecule has 0 N–H and O–H groups in total. The molecule has 3 rings (SSSR count). The lowest BCUT2D eigenvalue weighted by molar-refractivity contribution is -0.127. The van der Waals surface area contributed by atoms with Crippen molar-refractivity contribution in [3.63, 3.8) is 0 Å². The third-order valence-corrected chi connectivity index (χ3v) is 5.85. The topological polar surface area (TPSA) is 38.1 Å². The van der Waals surface area contributed by atoms with E-state index in [4.69, 9.17) is 4.98 Å². The zero-order valence-corrected chi connectivity index (χ0v) is 17.4. The van der Waals surface area contributed by atoms with E-state index in [2.05, 4.69) is 36.3 Å². The standard InChI is InChI=1S/C24H35N3O/c1-3-5-6-7-8-9-10-13-17-27-22-15-12-11-14-21(22)25-24(27)20-18-23(28)26(19-20)16-4-2/h4,11-12,14-15,20H,2-3,5-10,13,16-19H2,1H3. The number of carbonyl (C=O) groups is 1. The second kappa shape index (κ2) is 10.4. The number of rotatable bonds is 12. The second-order valence-electron chi connectivity index (χ2n) is 8.07. The van der Waals surface area contributed by atoms with Crippen molar-refractivity contribution in [2.75, 3.05) is 13.1 Å². The molecule has 1 unspecified atom stereocenters. The van der Waals surface area contributed by atoms with E-state index in [1.807, 2.05) is 17.0 Å². The minimum Gasteiger partial charge on any atom is -0.338 e. The van der Waals surface area contributed by atoms with Crippen LogP contribution in [0.25, 0.3) is 11.0 Å². The maximum Gasteiger partial charge on any atom is 0.223 e. The minimum absolute atomic E-state index is 0.189. The Hall–Kier alpha value is -2.10. The number of hydrogen-bond acceptors (Lipinski definition) is 2. The fraction of sp³-hybridized carbons (Fsp3) is 0.583. The van der Waals surface area contributed by atoms with E-state index in [1.54, 1.807) is 0 Å². The van der Waals surface area contributed by atoms with E-state index in [1.165, 1.54) is 56.9 Å². The molecule has 1 aromatic heterocycles. The first-order chi connectivity index (χ1) is 13.7. The van der Waals surface area contributed by atoms with Crippen molar-refractivity contribution in [1.29, 1.82) is 0 Å². The number of fused-ring (bicyclic) bond motifs is 1. The van der Waals surface area contributed by atoms with Gasteiger partial charge in [-0.3, -0.25) is 4.79 Å². The highest BCUT2D eigenvalue weighted by molar-refractivity contribution is 5.81. The fourth-order valence-corrected chi connectivity index (χ4v) is 4.32. The molecule has 1 saturated heterocycles. The molecule has 2 heterocycles. The van der Waals surface area contributed by atoms with E-state index < -0.39 is 0 Å². The minimum atomic E-state index is 0.189. The molecule has 0 bridgehead atoms. The summed E-state index contributed by atoms with van der Waals surface area (Å²) in [5.41, 5.74) is 2.25. The number of para-hydroxylation sites is 2. The first-order valence-corrected chi connectivity index (χ1v) is 11.1. The highest BCUT2D eigenvalue weighted by Gasteiger charge is 2.33. The molecule has 1 fully saturated rings. The Morgan fingerprint density at radius 3 is 2.57 bits per heavy atom. The molecule has 1 amide bonds. The summed E-state index contributed by atoms with van der Waals surface area (Å²) in [5, 5.41) is 0. The predicted molar refractivity (Wildman–Crippen MR) is 116 cm³/mol. The molecule has 0 aliphatic carbocycles. The quantitative estimate of drug-likeness (QED) is 0.350. The lowest BCUT2D eigenvalue weighted by Gasteiger charge is -2.15. The number of aromatic nitrogens is 2. The predicted octanol–water partition coefficient (Wildman–Crippen LogP) is 5.68. The lowest BCUT2D eigenvalue weighted by atomic mass is 10.1. The molecule has 1 aromatic carbocycles. The van der Waals surface area contributed by atoms with Gasteiger partial charge in [0.2, 0.25) is 5.91 Å². The van der Waals surface area contributed by atoms with Gasteiger partial charge in [0.1, 0.15) is 5.82 Å². The van der Waals surface area contributed by atoms with Gasteiger partial charge in [0.05, 0.1) is 11.0 Å². The van der Waals surface area contributed by atoms with Crippen molar-refractivity contribution >= 4 is 16.9 Å². The van der Waals surface area contributed by atoms with Crippen molar-refractivity contribution < 1.29 is 4.79 Å². The van der Waals surface area contributed by atoms with Crippen LogP contribution in [0.5, 0.6) is 0 Å². The normalized spacial score (nSPS) is 17.0. The van der Waals surface area contributed by atoms with E-state index >= 15 is 0 Å². The van der Waals surface area contributed by atoms with E-state index in [-0.39, 0.29) is 11.8 Å². The number of likely N-dealkylation sites (tertiary alicyclic amines) is 1. The van der Waals surface area contributed by atoms with E-state index in [0.717, 1.165) is 24.4 Å². The van der Waals surface area contributed by atoms with Gasteiger partial charge in [-0.1, -0.05) is 70.1 Å². The molecule has 4 heteroatoms. The van der Waals surface area contributed by atoms with Gasteiger partial charge in [-0.15, -0.1) is 6.58 Å². The van der Waals surface area contributed by atoms with Crippen LogP contribution >= 0.6 is 0 Å². The molecule has 2 aromatic rings. The van der Waals surface area contributed by atoms with Crippen LogP contribution in [0.15, 0.2) is 36.9 Å². The molecule has 1 aliphatic heterocycles. The van der Waals surface area contributed by atoms with Crippen LogP contribution in [-0.4, -0.2) is 33.4 Å². The van der Waals surface area contributed by atoms with Crippen LogP contribution in [0, 0.1) is 0 Å². The Morgan fingerprint density at radius 2 is 1.82 bits per heavy atom. The summed E-state index contributed by atoms with van der Waals surface area (Å²) in [6.07, 6.45) is 12.9. The number of nitrogens with zero attached hydrogens (tertiary/aromatic N) is 3. The monoisotopic (exact) mass is 381 g/mol. The van der Waals surface area contributed by atoms with Gasteiger partial charge in [-0.05, 0) is 18.6 Å². The third-order valence-electron chi connectivity index (χ3n) is 5.85. The van der Waals surface area contributed by atoms with Crippen molar-refractivity contribution in [3.05, 3.63) is 42.7 Å².